The highest BCUT2D eigenvalue weighted by atomic mass is 35.5. The van der Waals surface area contributed by atoms with Crippen LogP contribution < -0.4 is 0 Å². The lowest BCUT2D eigenvalue weighted by molar-refractivity contribution is 0.272. The summed E-state index contributed by atoms with van der Waals surface area (Å²) in [6, 6.07) is 3.07. The Morgan fingerprint density at radius 2 is 2.05 bits per heavy atom. The predicted octanol–water partition coefficient (Wildman–Crippen LogP) is 4.22. The molecule has 1 fully saturated rings. The molecule has 0 aliphatic carbocycles. The van der Waals surface area contributed by atoms with Gasteiger partial charge in [-0.3, -0.25) is 0 Å². The first kappa shape index (κ1) is 15.0. The van der Waals surface area contributed by atoms with Gasteiger partial charge in [0.05, 0.1) is 16.1 Å². The number of imidazole rings is 1. The molecule has 0 saturated carbocycles. The summed E-state index contributed by atoms with van der Waals surface area (Å²) in [7, 11) is 0. The van der Waals surface area contributed by atoms with E-state index in [1.807, 2.05) is 4.57 Å². The predicted molar refractivity (Wildman–Crippen MR) is 86.9 cm³/mol. The van der Waals surface area contributed by atoms with Gasteiger partial charge < -0.3 is 14.5 Å². The lowest BCUT2D eigenvalue weighted by Crippen LogP contribution is -2.27. The molecule has 1 aliphatic heterocycles. The molecule has 0 amide bonds. The molecule has 1 aliphatic rings. The van der Waals surface area contributed by atoms with Gasteiger partial charge in [-0.25, -0.2) is 4.39 Å². The Balaban J connectivity index is 1.84. The van der Waals surface area contributed by atoms with E-state index in [1.54, 1.807) is 6.07 Å². The molecule has 1 aromatic heterocycles. The zero-order valence-corrected chi connectivity index (χ0v) is 13.6. The van der Waals surface area contributed by atoms with Gasteiger partial charge >= 0.3 is 0 Å². The molecule has 0 bridgehead atoms. The van der Waals surface area contributed by atoms with Crippen molar-refractivity contribution in [1.82, 2.24) is 14.5 Å². The number of halogens is 2. The lowest BCUT2D eigenvalue weighted by Gasteiger charge is -2.20. The van der Waals surface area contributed by atoms with E-state index in [0.717, 1.165) is 18.6 Å². The van der Waals surface area contributed by atoms with Crippen LogP contribution in [0.4, 0.5) is 4.39 Å². The van der Waals surface area contributed by atoms with Gasteiger partial charge in [-0.2, -0.15) is 0 Å². The van der Waals surface area contributed by atoms with Crippen molar-refractivity contribution in [1.29, 1.82) is 0 Å². The van der Waals surface area contributed by atoms with Gasteiger partial charge in [0.25, 0.3) is 0 Å². The summed E-state index contributed by atoms with van der Waals surface area (Å²) in [5, 5.41) is 0.137. The smallest absolute Gasteiger partial charge is 0.178 e. The minimum Gasteiger partial charge on any atom is -0.330 e. The minimum absolute atomic E-state index is 0.137. The largest absolute Gasteiger partial charge is 0.330 e. The third-order valence-electron chi connectivity index (χ3n) is 4.08. The molecule has 2 heterocycles. The first-order valence-corrected chi connectivity index (χ1v) is 8.13. The van der Waals surface area contributed by atoms with Gasteiger partial charge in [0.15, 0.2) is 4.77 Å². The second kappa shape index (κ2) is 6.07. The van der Waals surface area contributed by atoms with Crippen molar-refractivity contribution in [3.63, 3.8) is 0 Å². The van der Waals surface area contributed by atoms with E-state index >= 15 is 0 Å². The number of hydrogen-bond acceptors (Lipinski definition) is 2. The van der Waals surface area contributed by atoms with Crippen molar-refractivity contribution in [3.8, 4) is 0 Å². The summed E-state index contributed by atoms with van der Waals surface area (Å²) in [6.45, 7) is 6.51. The van der Waals surface area contributed by atoms with Crippen molar-refractivity contribution >= 4 is 34.9 Å². The highest BCUT2D eigenvalue weighted by molar-refractivity contribution is 7.71. The molecule has 6 heteroatoms. The number of benzene rings is 1. The van der Waals surface area contributed by atoms with Gasteiger partial charge in [-0.1, -0.05) is 18.5 Å². The molecular weight excluding hydrogens is 309 g/mol. The fraction of sp³-hybridized carbons (Fsp3) is 0.533. The van der Waals surface area contributed by atoms with E-state index < -0.39 is 5.82 Å². The number of likely N-dealkylation sites (tertiary alicyclic amines) is 1. The van der Waals surface area contributed by atoms with Crippen LogP contribution in [0.3, 0.4) is 0 Å². The lowest BCUT2D eigenvalue weighted by atomic mass is 10.1. The monoisotopic (exact) mass is 327 g/mol. The Morgan fingerprint density at radius 1 is 1.33 bits per heavy atom. The first-order valence-electron chi connectivity index (χ1n) is 7.34. The van der Waals surface area contributed by atoms with Crippen molar-refractivity contribution in [2.45, 2.75) is 26.3 Å². The van der Waals surface area contributed by atoms with Crippen LogP contribution >= 0.6 is 23.8 Å². The Hall–Kier alpha value is -0.910. The molecule has 1 N–H and O–H groups in total. The van der Waals surface area contributed by atoms with Gasteiger partial charge in [-0.15, -0.1) is 0 Å². The van der Waals surface area contributed by atoms with Crippen LogP contribution in [0, 0.1) is 16.5 Å². The van der Waals surface area contributed by atoms with Crippen LogP contribution in [0.15, 0.2) is 12.1 Å². The van der Waals surface area contributed by atoms with Crippen molar-refractivity contribution in [3.05, 3.63) is 27.7 Å². The SMILES string of the molecule is CC(CN1CCCC1)Cn1c(=S)[nH]c2cc(F)c(Cl)cc21. The molecule has 1 unspecified atom stereocenters. The fourth-order valence-corrected chi connectivity index (χ4v) is 3.55. The quantitative estimate of drug-likeness (QED) is 0.850. The summed E-state index contributed by atoms with van der Waals surface area (Å²) in [5.41, 5.74) is 1.58. The molecule has 0 radical (unpaired) electrons. The second-order valence-corrected chi connectivity index (χ2v) is 6.73. The number of nitrogens with zero attached hydrogens (tertiary/aromatic N) is 2. The summed E-state index contributed by atoms with van der Waals surface area (Å²) in [5.74, 6) is 0.0651. The zero-order valence-electron chi connectivity index (χ0n) is 12.0. The molecule has 3 rings (SSSR count). The van der Waals surface area contributed by atoms with Crippen molar-refractivity contribution in [2.24, 2.45) is 5.92 Å². The molecule has 21 heavy (non-hydrogen) atoms. The molecule has 1 atom stereocenters. The maximum Gasteiger partial charge on any atom is 0.178 e. The summed E-state index contributed by atoms with van der Waals surface area (Å²) in [6.07, 6.45) is 2.60. The summed E-state index contributed by atoms with van der Waals surface area (Å²) >= 11 is 11.3. The number of aromatic amines is 1. The summed E-state index contributed by atoms with van der Waals surface area (Å²) in [4.78, 5) is 5.56. The van der Waals surface area contributed by atoms with Gasteiger partial charge in [0.1, 0.15) is 5.82 Å². The summed E-state index contributed by atoms with van der Waals surface area (Å²) < 4.78 is 16.2. The van der Waals surface area contributed by atoms with E-state index in [9.17, 15) is 4.39 Å². The zero-order chi connectivity index (χ0) is 15.0. The molecule has 1 saturated heterocycles. The van der Waals surface area contributed by atoms with Crippen molar-refractivity contribution in [2.75, 3.05) is 19.6 Å². The van der Waals surface area contributed by atoms with Gasteiger partial charge in [0.2, 0.25) is 0 Å². The molecule has 3 nitrogen and oxygen atoms in total. The number of nitrogens with one attached hydrogen (secondary N) is 1. The highest BCUT2D eigenvalue weighted by Crippen LogP contribution is 2.24. The van der Waals surface area contributed by atoms with Crippen LogP contribution in [0.2, 0.25) is 5.02 Å². The Bertz CT molecular complexity index is 703. The Labute approximate surface area is 133 Å². The number of fused-ring (bicyclic) bond motifs is 1. The topological polar surface area (TPSA) is 24.0 Å². The van der Waals surface area contributed by atoms with Gasteiger partial charge in [0, 0.05) is 19.2 Å². The van der Waals surface area contributed by atoms with Crippen LogP contribution in [0.1, 0.15) is 19.8 Å². The number of rotatable bonds is 4. The van der Waals surface area contributed by atoms with E-state index in [4.69, 9.17) is 23.8 Å². The maximum absolute atomic E-state index is 13.5. The number of hydrogen-bond donors (Lipinski definition) is 1. The molecule has 2 aromatic rings. The number of aromatic nitrogens is 2. The first-order chi connectivity index (χ1) is 10.0. The highest BCUT2D eigenvalue weighted by Gasteiger charge is 2.16. The van der Waals surface area contributed by atoms with Crippen LogP contribution in [-0.2, 0) is 6.54 Å². The van der Waals surface area contributed by atoms with E-state index in [0.29, 0.717) is 16.2 Å². The maximum atomic E-state index is 13.5. The third kappa shape index (κ3) is 3.15. The second-order valence-electron chi connectivity index (χ2n) is 5.94. The average Bonchev–Trinajstić information content (AvgIpc) is 3.01. The molecule has 0 spiro atoms. The Morgan fingerprint density at radius 3 is 2.76 bits per heavy atom. The van der Waals surface area contributed by atoms with E-state index in [1.165, 1.54) is 32.0 Å². The normalized spacial score (nSPS) is 17.7. The van der Waals surface area contributed by atoms with Crippen LogP contribution in [0.5, 0.6) is 0 Å². The minimum atomic E-state index is -0.419. The van der Waals surface area contributed by atoms with E-state index in [-0.39, 0.29) is 5.02 Å². The van der Waals surface area contributed by atoms with Crippen LogP contribution in [-0.4, -0.2) is 34.1 Å². The van der Waals surface area contributed by atoms with Crippen LogP contribution in [0.25, 0.3) is 11.0 Å². The number of H-pyrrole nitrogens is 1. The van der Waals surface area contributed by atoms with E-state index in [2.05, 4.69) is 16.8 Å². The fourth-order valence-electron chi connectivity index (χ4n) is 3.11. The molecular formula is C15H19ClFN3S. The van der Waals surface area contributed by atoms with Crippen molar-refractivity contribution < 1.29 is 4.39 Å². The standard InChI is InChI=1S/C15H19ClFN3S/c1-10(8-19-4-2-3-5-19)9-20-14-6-11(16)12(17)7-13(14)18-15(20)21/h6-7,10H,2-5,8-9H2,1H3,(H,18,21). The molecule has 114 valence electrons. The average molecular weight is 328 g/mol. The van der Waals surface area contributed by atoms with Gasteiger partial charge in [-0.05, 0) is 50.1 Å². The third-order valence-corrected chi connectivity index (χ3v) is 4.69. The Kier molecular flexibility index (Phi) is 4.33. The molecule has 1 aromatic carbocycles.